The van der Waals surface area contributed by atoms with Crippen molar-refractivity contribution in [3.63, 3.8) is 0 Å². The standard InChI is InChI=1S/C14H19BrN4/c1-4-17-13(11-6-10(3)7-16-8-11)14-12(15)9-18-19(14)5-2/h6-9,13,17H,4-5H2,1-3H3. The molecule has 19 heavy (non-hydrogen) atoms. The van der Waals surface area contributed by atoms with Crippen molar-refractivity contribution in [2.24, 2.45) is 0 Å². The zero-order chi connectivity index (χ0) is 13.8. The maximum Gasteiger partial charge on any atom is 0.0774 e. The van der Waals surface area contributed by atoms with Crippen LogP contribution in [0.3, 0.4) is 0 Å². The minimum atomic E-state index is 0.106. The van der Waals surface area contributed by atoms with Gasteiger partial charge in [0.15, 0.2) is 0 Å². The van der Waals surface area contributed by atoms with E-state index >= 15 is 0 Å². The molecule has 0 aliphatic heterocycles. The zero-order valence-electron chi connectivity index (χ0n) is 11.5. The number of halogens is 1. The molecule has 0 saturated carbocycles. The molecular weight excluding hydrogens is 304 g/mol. The largest absolute Gasteiger partial charge is 0.305 e. The fraction of sp³-hybridized carbons (Fsp3) is 0.429. The summed E-state index contributed by atoms with van der Waals surface area (Å²) in [6.45, 7) is 8.00. The molecule has 0 aliphatic rings. The predicted molar refractivity (Wildman–Crippen MR) is 80.1 cm³/mol. The first-order valence-electron chi connectivity index (χ1n) is 6.53. The summed E-state index contributed by atoms with van der Waals surface area (Å²) in [4.78, 5) is 4.30. The first-order valence-corrected chi connectivity index (χ1v) is 7.32. The third-order valence-electron chi connectivity index (χ3n) is 3.04. The minimum Gasteiger partial charge on any atom is -0.305 e. The first kappa shape index (κ1) is 14.2. The average Bonchev–Trinajstić information content (AvgIpc) is 2.77. The Balaban J connectivity index is 2.48. The van der Waals surface area contributed by atoms with Gasteiger partial charge in [0.05, 0.1) is 22.4 Å². The smallest absolute Gasteiger partial charge is 0.0774 e. The molecular formula is C14H19BrN4. The van der Waals surface area contributed by atoms with E-state index in [4.69, 9.17) is 0 Å². The lowest BCUT2D eigenvalue weighted by atomic mass is 10.0. The van der Waals surface area contributed by atoms with Crippen molar-refractivity contribution in [1.29, 1.82) is 0 Å². The highest BCUT2D eigenvalue weighted by molar-refractivity contribution is 9.10. The lowest BCUT2D eigenvalue weighted by Gasteiger charge is -2.20. The molecule has 102 valence electrons. The van der Waals surface area contributed by atoms with Gasteiger partial charge in [0.25, 0.3) is 0 Å². The number of nitrogens with zero attached hydrogens (tertiary/aromatic N) is 3. The van der Waals surface area contributed by atoms with Crippen LogP contribution in [0.4, 0.5) is 0 Å². The molecule has 2 heterocycles. The predicted octanol–water partition coefficient (Wildman–Crippen LogP) is 3.07. The second-order valence-electron chi connectivity index (χ2n) is 4.48. The molecule has 1 atom stereocenters. The van der Waals surface area contributed by atoms with Crippen molar-refractivity contribution in [3.05, 3.63) is 46.0 Å². The summed E-state index contributed by atoms with van der Waals surface area (Å²) in [5, 5.41) is 7.91. The topological polar surface area (TPSA) is 42.7 Å². The quantitative estimate of drug-likeness (QED) is 0.919. The van der Waals surface area contributed by atoms with Crippen LogP contribution >= 0.6 is 15.9 Å². The molecule has 5 heteroatoms. The van der Waals surface area contributed by atoms with Gasteiger partial charge in [0.2, 0.25) is 0 Å². The van der Waals surface area contributed by atoms with Crippen molar-refractivity contribution in [3.8, 4) is 0 Å². The van der Waals surface area contributed by atoms with E-state index in [-0.39, 0.29) is 6.04 Å². The third kappa shape index (κ3) is 3.04. The van der Waals surface area contributed by atoms with Gasteiger partial charge >= 0.3 is 0 Å². The summed E-state index contributed by atoms with van der Waals surface area (Å²) in [6.07, 6.45) is 5.64. The molecule has 1 N–H and O–H groups in total. The molecule has 0 aliphatic carbocycles. The summed E-state index contributed by atoms with van der Waals surface area (Å²) >= 11 is 3.60. The Morgan fingerprint density at radius 3 is 2.74 bits per heavy atom. The molecule has 0 spiro atoms. The summed E-state index contributed by atoms with van der Waals surface area (Å²) in [7, 11) is 0. The SMILES string of the molecule is CCNC(c1cncc(C)c1)c1c(Br)cnn1CC. The van der Waals surface area contributed by atoms with Crippen molar-refractivity contribution in [1.82, 2.24) is 20.1 Å². The van der Waals surface area contributed by atoms with Crippen LogP contribution in [0.25, 0.3) is 0 Å². The number of hydrogen-bond acceptors (Lipinski definition) is 3. The van der Waals surface area contributed by atoms with Crippen molar-refractivity contribution in [2.45, 2.75) is 33.4 Å². The Morgan fingerprint density at radius 1 is 1.32 bits per heavy atom. The van der Waals surface area contributed by atoms with E-state index in [0.717, 1.165) is 28.8 Å². The molecule has 0 bridgehead atoms. The van der Waals surface area contributed by atoms with Gasteiger partial charge < -0.3 is 5.32 Å². The van der Waals surface area contributed by atoms with Crippen LogP contribution in [-0.4, -0.2) is 21.3 Å². The van der Waals surface area contributed by atoms with Crippen molar-refractivity contribution in [2.75, 3.05) is 6.54 Å². The molecule has 0 saturated heterocycles. The molecule has 4 nitrogen and oxygen atoms in total. The summed E-state index contributed by atoms with van der Waals surface area (Å²) in [6, 6.07) is 2.27. The lowest BCUT2D eigenvalue weighted by molar-refractivity contribution is 0.539. The Morgan fingerprint density at radius 2 is 2.11 bits per heavy atom. The van der Waals surface area contributed by atoms with Crippen LogP contribution in [0.1, 0.15) is 36.7 Å². The van der Waals surface area contributed by atoms with Gasteiger partial charge in [0, 0.05) is 18.9 Å². The number of aryl methyl sites for hydroxylation is 2. The van der Waals surface area contributed by atoms with E-state index in [2.05, 4.69) is 58.2 Å². The monoisotopic (exact) mass is 322 g/mol. The van der Waals surface area contributed by atoms with Crippen LogP contribution in [0.5, 0.6) is 0 Å². The van der Waals surface area contributed by atoms with Crippen LogP contribution in [0, 0.1) is 6.92 Å². The summed E-state index contributed by atoms with van der Waals surface area (Å²) < 4.78 is 3.04. The van der Waals surface area contributed by atoms with E-state index in [1.165, 1.54) is 5.56 Å². The summed E-state index contributed by atoms with van der Waals surface area (Å²) in [5.74, 6) is 0. The average molecular weight is 323 g/mol. The molecule has 0 amide bonds. The third-order valence-corrected chi connectivity index (χ3v) is 3.65. The highest BCUT2D eigenvalue weighted by atomic mass is 79.9. The van der Waals surface area contributed by atoms with E-state index in [1.807, 2.05) is 23.3 Å². The first-order chi connectivity index (χ1) is 9.17. The maximum absolute atomic E-state index is 4.39. The Kier molecular flexibility index (Phi) is 4.71. The summed E-state index contributed by atoms with van der Waals surface area (Å²) in [5.41, 5.74) is 3.48. The van der Waals surface area contributed by atoms with Gasteiger partial charge in [-0.2, -0.15) is 5.10 Å². The van der Waals surface area contributed by atoms with Crippen LogP contribution < -0.4 is 5.32 Å². The van der Waals surface area contributed by atoms with Gasteiger partial charge in [-0.05, 0) is 47.4 Å². The highest BCUT2D eigenvalue weighted by Gasteiger charge is 2.21. The van der Waals surface area contributed by atoms with Gasteiger partial charge in [-0.3, -0.25) is 9.67 Å². The minimum absolute atomic E-state index is 0.106. The Bertz CT molecular complexity index is 550. The zero-order valence-corrected chi connectivity index (χ0v) is 13.1. The van der Waals surface area contributed by atoms with E-state index in [9.17, 15) is 0 Å². The maximum atomic E-state index is 4.39. The molecule has 0 aromatic carbocycles. The molecule has 2 rings (SSSR count). The number of nitrogens with one attached hydrogen (secondary N) is 1. The van der Waals surface area contributed by atoms with Crippen LogP contribution in [0.15, 0.2) is 29.1 Å². The highest BCUT2D eigenvalue weighted by Crippen LogP contribution is 2.28. The molecule has 2 aromatic rings. The van der Waals surface area contributed by atoms with Gasteiger partial charge in [-0.25, -0.2) is 0 Å². The lowest BCUT2D eigenvalue weighted by Crippen LogP contribution is -2.25. The van der Waals surface area contributed by atoms with E-state index in [0.29, 0.717) is 0 Å². The van der Waals surface area contributed by atoms with Crippen LogP contribution in [-0.2, 0) is 6.54 Å². The molecule has 0 radical (unpaired) electrons. The molecule has 2 aromatic heterocycles. The van der Waals surface area contributed by atoms with Crippen molar-refractivity contribution >= 4 is 15.9 Å². The fourth-order valence-corrected chi connectivity index (χ4v) is 2.75. The molecule has 1 unspecified atom stereocenters. The van der Waals surface area contributed by atoms with Gasteiger partial charge in [0.1, 0.15) is 0 Å². The van der Waals surface area contributed by atoms with E-state index in [1.54, 1.807) is 0 Å². The van der Waals surface area contributed by atoms with E-state index < -0.39 is 0 Å². The number of hydrogen-bond donors (Lipinski definition) is 1. The number of aromatic nitrogens is 3. The number of pyridine rings is 1. The second kappa shape index (κ2) is 6.30. The Labute approximate surface area is 122 Å². The number of rotatable bonds is 5. The normalized spacial score (nSPS) is 12.6. The fourth-order valence-electron chi connectivity index (χ4n) is 2.22. The van der Waals surface area contributed by atoms with Crippen LogP contribution in [0.2, 0.25) is 0 Å². The molecule has 0 fully saturated rings. The van der Waals surface area contributed by atoms with Gasteiger partial charge in [-0.1, -0.05) is 13.0 Å². The Hall–Kier alpha value is -1.20. The van der Waals surface area contributed by atoms with Crippen molar-refractivity contribution < 1.29 is 0 Å². The van der Waals surface area contributed by atoms with Gasteiger partial charge in [-0.15, -0.1) is 0 Å². The second-order valence-corrected chi connectivity index (χ2v) is 5.33.